The van der Waals surface area contributed by atoms with Crippen LogP contribution in [0.1, 0.15) is 27.0 Å². The Morgan fingerprint density at radius 2 is 1.79 bits per heavy atom. The summed E-state index contributed by atoms with van der Waals surface area (Å²) in [5.74, 6) is -0.00290. The fourth-order valence-electron chi connectivity index (χ4n) is 3.75. The van der Waals surface area contributed by atoms with Gasteiger partial charge < -0.3 is 16.2 Å². The van der Waals surface area contributed by atoms with Gasteiger partial charge in [0.15, 0.2) is 5.78 Å². The highest BCUT2D eigenvalue weighted by Gasteiger charge is 2.34. The molecule has 1 aliphatic heterocycles. The number of morpholine rings is 1. The third-order valence-electron chi connectivity index (χ3n) is 5.17. The van der Waals surface area contributed by atoms with E-state index in [0.717, 1.165) is 49.5 Å². The Morgan fingerprint density at radius 3 is 2.48 bits per heavy atom. The quantitative estimate of drug-likeness (QED) is 0.784. The maximum atomic E-state index is 13.2. The van der Waals surface area contributed by atoms with Gasteiger partial charge in [-0.25, -0.2) is 4.99 Å². The number of carbonyl (C=O) groups excluding carboxylic acids is 1. The summed E-state index contributed by atoms with van der Waals surface area (Å²) in [6.07, 6.45) is 0. The summed E-state index contributed by atoms with van der Waals surface area (Å²) < 4.78 is 5.42. The zero-order valence-electron chi connectivity index (χ0n) is 16.2. The van der Waals surface area contributed by atoms with Crippen molar-refractivity contribution in [2.75, 3.05) is 26.3 Å². The van der Waals surface area contributed by atoms with E-state index >= 15 is 0 Å². The summed E-state index contributed by atoms with van der Waals surface area (Å²) in [5.41, 5.74) is 16.7. The van der Waals surface area contributed by atoms with Crippen molar-refractivity contribution in [2.24, 2.45) is 16.5 Å². The lowest BCUT2D eigenvalue weighted by Gasteiger charge is -2.26. The summed E-state index contributed by atoms with van der Waals surface area (Å²) >= 11 is 0. The highest BCUT2D eigenvalue weighted by molar-refractivity contribution is 6.44. The second-order valence-electron chi connectivity index (χ2n) is 7.20. The molecule has 148 valence electrons. The number of benzene rings is 2. The lowest BCUT2D eigenvalue weighted by atomic mass is 10.0. The minimum absolute atomic E-state index is 0.137. The van der Waals surface area contributed by atoms with Crippen LogP contribution in [0.2, 0.25) is 0 Å². The molecule has 1 fully saturated rings. The second kappa shape index (κ2) is 8.03. The van der Waals surface area contributed by atoms with E-state index in [9.17, 15) is 4.79 Å². The first-order valence-electron chi connectivity index (χ1n) is 9.61. The number of aliphatic imine (C=N–C) groups is 1. The molecule has 0 atom stereocenters. The van der Waals surface area contributed by atoms with E-state index in [1.165, 1.54) is 0 Å². The fourth-order valence-corrected chi connectivity index (χ4v) is 3.75. The number of nitrogens with two attached hydrogens (primary N) is 2. The molecule has 6 heteroatoms. The van der Waals surface area contributed by atoms with Crippen molar-refractivity contribution < 1.29 is 9.53 Å². The summed E-state index contributed by atoms with van der Waals surface area (Å²) in [5, 5.41) is 0. The molecule has 29 heavy (non-hydrogen) atoms. The zero-order valence-corrected chi connectivity index (χ0v) is 16.2. The molecular weight excluding hydrogens is 364 g/mol. The van der Waals surface area contributed by atoms with Crippen molar-refractivity contribution in [1.82, 2.24) is 4.90 Å². The molecule has 0 spiro atoms. The summed E-state index contributed by atoms with van der Waals surface area (Å²) in [7, 11) is 0. The summed E-state index contributed by atoms with van der Waals surface area (Å²) in [4.78, 5) is 19.9. The molecule has 4 N–H and O–H groups in total. The topological polar surface area (TPSA) is 93.9 Å². The zero-order chi connectivity index (χ0) is 20.4. The van der Waals surface area contributed by atoms with Gasteiger partial charge in [-0.3, -0.25) is 9.69 Å². The van der Waals surface area contributed by atoms with Crippen LogP contribution >= 0.6 is 0 Å². The number of rotatable bonds is 4. The third-order valence-corrected chi connectivity index (χ3v) is 5.17. The number of hydrogen-bond acceptors (Lipinski definition) is 6. The molecule has 1 saturated heterocycles. The Labute approximate surface area is 170 Å². The van der Waals surface area contributed by atoms with E-state index in [0.29, 0.717) is 22.5 Å². The van der Waals surface area contributed by atoms with Crippen molar-refractivity contribution in [1.29, 1.82) is 0 Å². The molecule has 1 aliphatic carbocycles. The number of nitrogens with zero attached hydrogens (tertiary/aromatic N) is 2. The maximum absolute atomic E-state index is 13.2. The lowest BCUT2D eigenvalue weighted by Crippen LogP contribution is -2.35. The fraction of sp³-hybridized carbons (Fsp3) is 0.217. The molecule has 1 heterocycles. The van der Waals surface area contributed by atoms with Gasteiger partial charge in [0.2, 0.25) is 0 Å². The van der Waals surface area contributed by atoms with Gasteiger partial charge in [-0.2, -0.15) is 0 Å². The standard InChI is InChI=1S/C23H24N4O2/c1-15(24)26-22-19-13-16(14-27-9-11-29-12-10-27)7-8-18(19)23(28)20(22)21(25)17-5-3-2-4-6-17/h2-8,13H,1,9-12,14,24-25H2/b21-20+,26-22?. The van der Waals surface area contributed by atoms with E-state index in [1.807, 2.05) is 48.5 Å². The van der Waals surface area contributed by atoms with Gasteiger partial charge in [-0.1, -0.05) is 49.0 Å². The first-order valence-corrected chi connectivity index (χ1v) is 9.61. The Bertz CT molecular complexity index is 1020. The van der Waals surface area contributed by atoms with E-state index in [-0.39, 0.29) is 11.6 Å². The van der Waals surface area contributed by atoms with Gasteiger partial charge in [0.05, 0.1) is 30.2 Å². The van der Waals surface area contributed by atoms with Crippen LogP contribution in [0.15, 0.2) is 71.5 Å². The molecule has 0 saturated carbocycles. The third kappa shape index (κ3) is 3.85. The lowest BCUT2D eigenvalue weighted by molar-refractivity contribution is 0.0342. The number of hydrogen-bond donors (Lipinski definition) is 2. The number of fused-ring (bicyclic) bond motifs is 1. The number of ether oxygens (including phenoxy) is 1. The number of ketones is 1. The first-order chi connectivity index (χ1) is 14.0. The summed E-state index contributed by atoms with van der Waals surface area (Å²) in [6, 6.07) is 15.3. The number of allylic oxidation sites excluding steroid dienone is 1. The molecule has 2 aromatic carbocycles. The minimum Gasteiger partial charge on any atom is -0.398 e. The Kier molecular flexibility index (Phi) is 5.29. The number of Topliss-reactive ketones (excluding diaryl/α,β-unsaturated/α-hetero) is 1. The molecule has 2 aliphatic rings. The molecule has 2 aromatic rings. The monoisotopic (exact) mass is 388 g/mol. The van der Waals surface area contributed by atoms with E-state index in [1.54, 1.807) is 0 Å². The van der Waals surface area contributed by atoms with Gasteiger partial charge in [0.25, 0.3) is 0 Å². The normalized spacial score (nSPS) is 20.0. The minimum atomic E-state index is -0.140. The van der Waals surface area contributed by atoms with Crippen LogP contribution in [0.3, 0.4) is 0 Å². The molecule has 0 aromatic heterocycles. The SMILES string of the molecule is C=C(N)N=C1/C(=C(\N)c2ccccc2)C(=O)c2ccc(CN3CCOCC3)cc21. The van der Waals surface area contributed by atoms with Crippen molar-refractivity contribution in [3.63, 3.8) is 0 Å². The van der Waals surface area contributed by atoms with Crippen LogP contribution < -0.4 is 11.5 Å². The van der Waals surface area contributed by atoms with E-state index in [4.69, 9.17) is 16.2 Å². The van der Waals surface area contributed by atoms with Crippen molar-refractivity contribution >= 4 is 17.2 Å². The summed E-state index contributed by atoms with van der Waals surface area (Å²) in [6.45, 7) is 7.74. The molecule has 0 radical (unpaired) electrons. The van der Waals surface area contributed by atoms with Crippen LogP contribution in [-0.2, 0) is 11.3 Å². The Balaban J connectivity index is 1.77. The van der Waals surface area contributed by atoms with Crippen LogP contribution in [0, 0.1) is 0 Å². The predicted molar refractivity (Wildman–Crippen MR) is 114 cm³/mol. The molecule has 6 nitrogen and oxygen atoms in total. The Hall–Kier alpha value is -3.22. The van der Waals surface area contributed by atoms with Crippen LogP contribution in [0.25, 0.3) is 5.70 Å². The van der Waals surface area contributed by atoms with Gasteiger partial charge >= 0.3 is 0 Å². The van der Waals surface area contributed by atoms with Gasteiger partial charge in [0.1, 0.15) is 5.82 Å². The second-order valence-corrected chi connectivity index (χ2v) is 7.20. The Morgan fingerprint density at radius 1 is 1.07 bits per heavy atom. The largest absolute Gasteiger partial charge is 0.398 e. The van der Waals surface area contributed by atoms with Crippen molar-refractivity contribution in [2.45, 2.75) is 6.54 Å². The highest BCUT2D eigenvalue weighted by atomic mass is 16.5. The van der Waals surface area contributed by atoms with Gasteiger partial charge in [-0.15, -0.1) is 0 Å². The molecule has 4 rings (SSSR count). The number of carbonyl (C=O) groups is 1. The highest BCUT2D eigenvalue weighted by Crippen LogP contribution is 2.32. The maximum Gasteiger partial charge on any atom is 0.198 e. The average Bonchev–Trinajstić information content (AvgIpc) is 2.99. The van der Waals surface area contributed by atoms with Crippen LogP contribution in [-0.4, -0.2) is 42.7 Å². The average molecular weight is 388 g/mol. The van der Waals surface area contributed by atoms with Crippen LogP contribution in [0.4, 0.5) is 0 Å². The molecule has 0 unspecified atom stereocenters. The molecule has 0 bridgehead atoms. The van der Waals surface area contributed by atoms with E-state index < -0.39 is 0 Å². The van der Waals surface area contributed by atoms with Gasteiger partial charge in [0, 0.05) is 30.8 Å². The van der Waals surface area contributed by atoms with Gasteiger partial charge in [-0.05, 0) is 17.2 Å². The molecular formula is C23H24N4O2. The van der Waals surface area contributed by atoms with Crippen LogP contribution in [0.5, 0.6) is 0 Å². The smallest absolute Gasteiger partial charge is 0.198 e. The molecule has 0 amide bonds. The van der Waals surface area contributed by atoms with Crippen molar-refractivity contribution in [3.8, 4) is 0 Å². The predicted octanol–water partition coefficient (Wildman–Crippen LogP) is 2.30. The first kappa shape index (κ1) is 19.1. The van der Waals surface area contributed by atoms with E-state index in [2.05, 4.69) is 16.5 Å². The van der Waals surface area contributed by atoms with Crippen molar-refractivity contribution in [3.05, 3.63) is 88.8 Å².